The van der Waals surface area contributed by atoms with E-state index in [2.05, 4.69) is 15.9 Å². The molecule has 21 heavy (non-hydrogen) atoms. The monoisotopic (exact) mass is 355 g/mol. The number of ether oxygens (including phenoxy) is 2. The van der Waals surface area contributed by atoms with Gasteiger partial charge in [-0.15, -0.1) is 0 Å². The molecule has 5 nitrogen and oxygen atoms in total. The molecule has 0 heterocycles. The van der Waals surface area contributed by atoms with Crippen LogP contribution in [-0.4, -0.2) is 11.5 Å². The van der Waals surface area contributed by atoms with E-state index < -0.39 is 10.7 Å². The van der Waals surface area contributed by atoms with Gasteiger partial charge in [-0.1, -0.05) is 6.07 Å². The zero-order valence-corrected chi connectivity index (χ0v) is 12.6. The smallest absolute Gasteiger partial charge is 0.352 e. The Balaban J connectivity index is 2.41. The van der Waals surface area contributed by atoms with Crippen LogP contribution in [0.2, 0.25) is 0 Å². The number of benzene rings is 2. The predicted octanol–water partition coefficient (Wildman–Crippen LogP) is 4.69. The minimum Gasteiger partial charge on any atom is -0.487 e. The fourth-order valence-electron chi connectivity index (χ4n) is 1.70. The summed E-state index contributed by atoms with van der Waals surface area (Å²) in [5, 5.41) is 11.2. The molecule has 0 atom stereocenters. The minimum absolute atomic E-state index is 0.00678. The van der Waals surface area contributed by atoms with Crippen LogP contribution in [0.15, 0.2) is 40.9 Å². The molecule has 2 aromatic carbocycles. The number of para-hydroxylation sites is 1. The molecule has 0 spiro atoms. The van der Waals surface area contributed by atoms with Crippen molar-refractivity contribution in [3.63, 3.8) is 0 Å². The Morgan fingerprint density at radius 1 is 1.29 bits per heavy atom. The van der Waals surface area contributed by atoms with E-state index in [4.69, 9.17) is 9.47 Å². The van der Waals surface area contributed by atoms with Crippen LogP contribution in [0.4, 0.5) is 10.1 Å². The van der Waals surface area contributed by atoms with Gasteiger partial charge < -0.3 is 9.47 Å². The summed E-state index contributed by atoms with van der Waals surface area (Å²) in [5.74, 6) is -0.256. The zero-order chi connectivity index (χ0) is 15.4. The van der Waals surface area contributed by atoms with Crippen LogP contribution < -0.4 is 9.47 Å². The van der Waals surface area contributed by atoms with E-state index in [0.717, 1.165) is 6.07 Å². The Hall–Kier alpha value is -2.15. The van der Waals surface area contributed by atoms with Crippen LogP contribution in [0, 0.1) is 15.9 Å². The Kier molecular flexibility index (Phi) is 4.74. The quantitative estimate of drug-likeness (QED) is 0.576. The zero-order valence-electron chi connectivity index (χ0n) is 11.0. The maximum Gasteiger partial charge on any atom is 0.352 e. The molecule has 0 aliphatic heterocycles. The van der Waals surface area contributed by atoms with Gasteiger partial charge >= 0.3 is 5.69 Å². The van der Waals surface area contributed by atoms with Crippen LogP contribution in [0.5, 0.6) is 17.2 Å². The first-order valence-electron chi connectivity index (χ1n) is 6.06. The maximum atomic E-state index is 13.5. The van der Waals surface area contributed by atoms with Crippen LogP contribution in [-0.2, 0) is 0 Å². The van der Waals surface area contributed by atoms with Crippen molar-refractivity contribution in [3.05, 3.63) is 56.8 Å². The Morgan fingerprint density at radius 2 is 2.00 bits per heavy atom. The number of nitro benzene ring substituents is 1. The molecule has 2 aromatic rings. The summed E-state index contributed by atoms with van der Waals surface area (Å²) in [6.07, 6.45) is 0. The van der Waals surface area contributed by atoms with Crippen molar-refractivity contribution in [2.75, 3.05) is 6.61 Å². The Morgan fingerprint density at radius 3 is 2.62 bits per heavy atom. The van der Waals surface area contributed by atoms with Gasteiger partial charge in [-0.3, -0.25) is 10.1 Å². The SMILES string of the molecule is CCOc1cccc(Oc2ccc(Br)c(F)c2)c1[N+](=O)[O-]. The first kappa shape index (κ1) is 15.2. The fraction of sp³-hybridized carbons (Fsp3) is 0.143. The number of halogens is 2. The molecule has 110 valence electrons. The van der Waals surface area contributed by atoms with E-state index >= 15 is 0 Å². The molecule has 0 saturated carbocycles. The number of nitro groups is 1. The number of nitrogens with zero attached hydrogens (tertiary/aromatic N) is 1. The van der Waals surface area contributed by atoms with Gasteiger partial charge in [-0.05, 0) is 47.1 Å². The summed E-state index contributed by atoms with van der Waals surface area (Å²) in [4.78, 5) is 10.6. The molecule has 0 fully saturated rings. The summed E-state index contributed by atoms with van der Waals surface area (Å²) in [6.45, 7) is 2.01. The number of rotatable bonds is 5. The second-order valence-corrected chi connectivity index (χ2v) is 4.83. The summed E-state index contributed by atoms with van der Waals surface area (Å²) in [7, 11) is 0. The topological polar surface area (TPSA) is 61.6 Å². The van der Waals surface area contributed by atoms with Crippen LogP contribution in [0.25, 0.3) is 0 Å². The molecule has 0 amide bonds. The molecule has 7 heteroatoms. The van der Waals surface area contributed by atoms with Gasteiger partial charge in [0, 0.05) is 6.07 Å². The molecular weight excluding hydrogens is 345 g/mol. The Labute approximate surface area is 128 Å². The maximum absolute atomic E-state index is 13.5. The van der Waals surface area contributed by atoms with Gasteiger partial charge in [0.2, 0.25) is 11.5 Å². The van der Waals surface area contributed by atoms with Crippen LogP contribution in [0.3, 0.4) is 0 Å². The summed E-state index contributed by atoms with van der Waals surface area (Å²) in [6, 6.07) is 8.59. The van der Waals surface area contributed by atoms with Gasteiger partial charge in [0.05, 0.1) is 16.0 Å². The van der Waals surface area contributed by atoms with E-state index in [1.807, 2.05) is 0 Å². The Bertz CT molecular complexity index is 678. The van der Waals surface area contributed by atoms with Gasteiger partial charge in [0.1, 0.15) is 11.6 Å². The lowest BCUT2D eigenvalue weighted by Crippen LogP contribution is -1.99. The van der Waals surface area contributed by atoms with Crippen molar-refractivity contribution in [1.82, 2.24) is 0 Å². The fourth-order valence-corrected chi connectivity index (χ4v) is 1.95. The number of hydrogen-bond donors (Lipinski definition) is 0. The largest absolute Gasteiger partial charge is 0.487 e. The average molecular weight is 356 g/mol. The molecule has 0 bridgehead atoms. The van der Waals surface area contributed by atoms with Gasteiger partial charge in [-0.2, -0.15) is 0 Å². The highest BCUT2D eigenvalue weighted by Crippen LogP contribution is 2.39. The molecule has 0 N–H and O–H groups in total. The third-order valence-corrected chi connectivity index (χ3v) is 3.21. The van der Waals surface area contributed by atoms with Crippen molar-refractivity contribution in [2.45, 2.75) is 6.92 Å². The van der Waals surface area contributed by atoms with Crippen molar-refractivity contribution < 1.29 is 18.8 Å². The molecule has 0 aliphatic carbocycles. The first-order chi connectivity index (χ1) is 10.0. The third-order valence-electron chi connectivity index (χ3n) is 2.56. The second kappa shape index (κ2) is 6.53. The summed E-state index contributed by atoms with van der Waals surface area (Å²) < 4.78 is 24.4. The number of hydrogen-bond acceptors (Lipinski definition) is 4. The lowest BCUT2D eigenvalue weighted by molar-refractivity contribution is -0.386. The molecule has 0 unspecified atom stereocenters. The van der Waals surface area contributed by atoms with E-state index in [1.165, 1.54) is 24.3 Å². The minimum atomic E-state index is -0.588. The lowest BCUT2D eigenvalue weighted by atomic mass is 10.2. The molecule has 0 radical (unpaired) electrons. The van der Waals surface area contributed by atoms with Gasteiger partial charge in [-0.25, -0.2) is 4.39 Å². The molecule has 2 rings (SSSR count). The highest BCUT2D eigenvalue weighted by molar-refractivity contribution is 9.10. The molecule has 0 saturated heterocycles. The predicted molar refractivity (Wildman–Crippen MR) is 78.4 cm³/mol. The highest BCUT2D eigenvalue weighted by atomic mass is 79.9. The summed E-state index contributed by atoms with van der Waals surface area (Å²) >= 11 is 3.03. The van der Waals surface area contributed by atoms with Gasteiger partial charge in [0.25, 0.3) is 0 Å². The van der Waals surface area contributed by atoms with E-state index in [0.29, 0.717) is 0 Å². The van der Waals surface area contributed by atoms with E-state index in [-0.39, 0.29) is 34.0 Å². The third kappa shape index (κ3) is 3.49. The van der Waals surface area contributed by atoms with Crippen molar-refractivity contribution >= 4 is 21.6 Å². The lowest BCUT2D eigenvalue weighted by Gasteiger charge is -2.10. The molecule has 0 aromatic heterocycles. The van der Waals surface area contributed by atoms with Crippen molar-refractivity contribution in [1.29, 1.82) is 0 Å². The average Bonchev–Trinajstić information content (AvgIpc) is 2.43. The van der Waals surface area contributed by atoms with Crippen LogP contribution in [0.1, 0.15) is 6.92 Å². The second-order valence-electron chi connectivity index (χ2n) is 3.97. The van der Waals surface area contributed by atoms with E-state index in [9.17, 15) is 14.5 Å². The normalized spacial score (nSPS) is 10.2. The first-order valence-corrected chi connectivity index (χ1v) is 6.85. The van der Waals surface area contributed by atoms with Crippen LogP contribution >= 0.6 is 15.9 Å². The van der Waals surface area contributed by atoms with Gasteiger partial charge in [0.15, 0.2) is 0 Å². The summed E-state index contributed by atoms with van der Waals surface area (Å²) in [5.41, 5.74) is -0.289. The van der Waals surface area contributed by atoms with E-state index in [1.54, 1.807) is 13.0 Å². The molecule has 0 aliphatic rings. The van der Waals surface area contributed by atoms with Crippen molar-refractivity contribution in [2.24, 2.45) is 0 Å². The van der Waals surface area contributed by atoms with Crippen molar-refractivity contribution in [3.8, 4) is 17.2 Å². The highest BCUT2D eigenvalue weighted by Gasteiger charge is 2.23. The molecular formula is C14H11BrFNO4. The standard InChI is InChI=1S/C14H11BrFNO4/c1-2-20-12-4-3-5-13(14(12)17(18)19)21-9-6-7-10(15)11(16)8-9/h3-8H,2H2,1H3.